The van der Waals surface area contributed by atoms with E-state index in [-0.39, 0.29) is 0 Å². The molecule has 0 aliphatic heterocycles. The average molecular weight is 181 g/mol. The largest absolute Gasteiger partial charge is 0.0837 e. The highest BCUT2D eigenvalue weighted by Crippen LogP contribution is 2.22. The van der Waals surface area contributed by atoms with Crippen LogP contribution < -0.4 is 0 Å². The Morgan fingerprint density at radius 3 is 2.67 bits per heavy atom. The predicted octanol–water partition coefficient (Wildman–Crippen LogP) is 4.15. The van der Waals surface area contributed by atoms with Crippen molar-refractivity contribution in [1.29, 1.82) is 0 Å². The monoisotopic (exact) mass is 180 g/mol. The van der Waals surface area contributed by atoms with Gasteiger partial charge in [0.15, 0.2) is 0 Å². The minimum Gasteiger partial charge on any atom is -0.0837 e. The zero-order valence-corrected chi connectivity index (χ0v) is 8.23. The highest BCUT2D eigenvalue weighted by molar-refractivity contribution is 6.32. The van der Waals surface area contributed by atoms with Gasteiger partial charge in [0, 0.05) is 5.02 Å². The van der Waals surface area contributed by atoms with Crippen molar-refractivity contribution >= 4 is 17.2 Å². The number of allylic oxidation sites excluding steroid dienone is 2. The van der Waals surface area contributed by atoms with E-state index >= 15 is 0 Å². The molecule has 0 saturated heterocycles. The van der Waals surface area contributed by atoms with Gasteiger partial charge in [0.05, 0.1) is 0 Å². The van der Waals surface area contributed by atoms with Crippen molar-refractivity contribution in [2.75, 3.05) is 0 Å². The number of halogens is 1. The molecule has 0 bridgehead atoms. The Morgan fingerprint density at radius 1 is 1.42 bits per heavy atom. The minimum absolute atomic E-state index is 0.833. The van der Waals surface area contributed by atoms with Crippen LogP contribution in [0, 0.1) is 0 Å². The Morgan fingerprint density at radius 2 is 2.08 bits per heavy atom. The van der Waals surface area contributed by atoms with Crippen molar-refractivity contribution in [3.05, 3.63) is 40.9 Å². The van der Waals surface area contributed by atoms with Crippen LogP contribution in [0.4, 0.5) is 0 Å². The molecule has 12 heavy (non-hydrogen) atoms. The fraction of sp³-hybridized carbons (Fsp3) is 0.273. The molecule has 0 atom stereocenters. The molecule has 0 aromatic heterocycles. The topological polar surface area (TPSA) is 0 Å². The fourth-order valence-electron chi connectivity index (χ4n) is 1.20. The molecule has 0 N–H and O–H groups in total. The first-order valence-electron chi connectivity index (χ1n) is 4.17. The summed E-state index contributed by atoms with van der Waals surface area (Å²) < 4.78 is 0. The summed E-state index contributed by atoms with van der Waals surface area (Å²) in [6, 6.07) is 7.92. The van der Waals surface area contributed by atoms with E-state index in [1.807, 2.05) is 24.3 Å². The molecular weight excluding hydrogens is 168 g/mol. The summed E-state index contributed by atoms with van der Waals surface area (Å²) in [5.74, 6) is 0. The molecule has 0 fully saturated rings. The maximum absolute atomic E-state index is 6.01. The second kappa shape index (κ2) is 4.32. The molecule has 0 heterocycles. The molecule has 1 heteroatoms. The van der Waals surface area contributed by atoms with E-state index in [0.717, 1.165) is 17.0 Å². The zero-order valence-electron chi connectivity index (χ0n) is 7.47. The van der Waals surface area contributed by atoms with Gasteiger partial charge in [-0.3, -0.25) is 0 Å². The van der Waals surface area contributed by atoms with Crippen molar-refractivity contribution in [2.45, 2.75) is 20.3 Å². The quantitative estimate of drug-likeness (QED) is 0.642. The summed E-state index contributed by atoms with van der Waals surface area (Å²) >= 11 is 6.01. The Hall–Kier alpha value is -0.750. The second-order valence-corrected chi connectivity index (χ2v) is 3.18. The SMILES string of the molecule is CC/C=C(/C)c1ccccc1Cl. The van der Waals surface area contributed by atoms with Gasteiger partial charge < -0.3 is 0 Å². The van der Waals surface area contributed by atoms with E-state index in [1.54, 1.807) is 0 Å². The Balaban J connectivity index is 3.02. The molecule has 1 rings (SSSR count). The molecule has 0 spiro atoms. The molecule has 0 unspecified atom stereocenters. The van der Waals surface area contributed by atoms with Crippen LogP contribution in [-0.2, 0) is 0 Å². The first kappa shape index (κ1) is 9.34. The van der Waals surface area contributed by atoms with Gasteiger partial charge in [-0.15, -0.1) is 0 Å². The maximum Gasteiger partial charge on any atom is 0.0480 e. The first-order valence-corrected chi connectivity index (χ1v) is 4.55. The van der Waals surface area contributed by atoms with Gasteiger partial charge >= 0.3 is 0 Å². The highest BCUT2D eigenvalue weighted by atomic mass is 35.5. The Labute approximate surface area is 78.9 Å². The van der Waals surface area contributed by atoms with Crippen molar-refractivity contribution < 1.29 is 0 Å². The van der Waals surface area contributed by atoms with Gasteiger partial charge in [-0.1, -0.05) is 42.8 Å². The summed E-state index contributed by atoms with van der Waals surface area (Å²) in [6.07, 6.45) is 3.23. The summed E-state index contributed by atoms with van der Waals surface area (Å²) in [5.41, 5.74) is 2.39. The smallest absolute Gasteiger partial charge is 0.0480 e. The molecule has 1 aromatic rings. The predicted molar refractivity (Wildman–Crippen MR) is 55.4 cm³/mol. The lowest BCUT2D eigenvalue weighted by Crippen LogP contribution is -1.80. The third-order valence-corrected chi connectivity index (χ3v) is 2.14. The standard InChI is InChI=1S/C11H13Cl/c1-3-6-9(2)10-7-4-5-8-11(10)12/h4-8H,3H2,1-2H3/b9-6-. The molecule has 0 saturated carbocycles. The molecule has 0 aliphatic carbocycles. The molecule has 1 aromatic carbocycles. The summed E-state index contributed by atoms with van der Waals surface area (Å²) in [4.78, 5) is 0. The Kier molecular flexibility index (Phi) is 3.36. The van der Waals surface area contributed by atoms with Crippen LogP contribution in [0.25, 0.3) is 5.57 Å². The van der Waals surface area contributed by atoms with Gasteiger partial charge in [-0.05, 0) is 30.5 Å². The van der Waals surface area contributed by atoms with Crippen LogP contribution in [0.15, 0.2) is 30.3 Å². The van der Waals surface area contributed by atoms with E-state index < -0.39 is 0 Å². The van der Waals surface area contributed by atoms with Gasteiger partial charge in [-0.2, -0.15) is 0 Å². The van der Waals surface area contributed by atoms with Gasteiger partial charge in [0.1, 0.15) is 0 Å². The van der Waals surface area contributed by atoms with E-state index in [1.165, 1.54) is 5.57 Å². The van der Waals surface area contributed by atoms with Crippen molar-refractivity contribution in [1.82, 2.24) is 0 Å². The van der Waals surface area contributed by atoms with Crippen molar-refractivity contribution in [3.63, 3.8) is 0 Å². The summed E-state index contributed by atoms with van der Waals surface area (Å²) in [7, 11) is 0. The van der Waals surface area contributed by atoms with E-state index in [0.29, 0.717) is 0 Å². The van der Waals surface area contributed by atoms with Crippen LogP contribution in [-0.4, -0.2) is 0 Å². The second-order valence-electron chi connectivity index (χ2n) is 2.78. The fourth-order valence-corrected chi connectivity index (χ4v) is 1.48. The van der Waals surface area contributed by atoms with E-state index in [9.17, 15) is 0 Å². The number of rotatable bonds is 2. The van der Waals surface area contributed by atoms with Crippen LogP contribution in [0.1, 0.15) is 25.8 Å². The van der Waals surface area contributed by atoms with Crippen LogP contribution in [0.5, 0.6) is 0 Å². The summed E-state index contributed by atoms with van der Waals surface area (Å²) in [6.45, 7) is 4.21. The average Bonchev–Trinajstić information content (AvgIpc) is 2.05. The van der Waals surface area contributed by atoms with Crippen LogP contribution in [0.2, 0.25) is 5.02 Å². The molecular formula is C11H13Cl. The molecule has 0 amide bonds. The molecule has 0 nitrogen and oxygen atoms in total. The van der Waals surface area contributed by atoms with Crippen LogP contribution in [0.3, 0.4) is 0 Å². The van der Waals surface area contributed by atoms with E-state index in [4.69, 9.17) is 11.6 Å². The lowest BCUT2D eigenvalue weighted by atomic mass is 10.1. The molecule has 0 radical (unpaired) electrons. The normalized spacial score (nSPS) is 11.8. The Bertz CT molecular complexity index is 287. The lowest BCUT2D eigenvalue weighted by molar-refractivity contribution is 1.22. The molecule has 64 valence electrons. The minimum atomic E-state index is 0.833. The third-order valence-electron chi connectivity index (χ3n) is 1.81. The third kappa shape index (κ3) is 2.12. The number of benzene rings is 1. The summed E-state index contributed by atoms with van der Waals surface area (Å²) in [5, 5.41) is 0.833. The molecule has 0 aliphatic rings. The van der Waals surface area contributed by atoms with Crippen LogP contribution >= 0.6 is 11.6 Å². The van der Waals surface area contributed by atoms with Gasteiger partial charge in [0.25, 0.3) is 0 Å². The number of hydrogen-bond donors (Lipinski definition) is 0. The van der Waals surface area contributed by atoms with Gasteiger partial charge in [0.2, 0.25) is 0 Å². The first-order chi connectivity index (χ1) is 5.75. The maximum atomic E-state index is 6.01. The van der Waals surface area contributed by atoms with Gasteiger partial charge in [-0.25, -0.2) is 0 Å². The van der Waals surface area contributed by atoms with Crippen molar-refractivity contribution in [2.24, 2.45) is 0 Å². The lowest BCUT2D eigenvalue weighted by Gasteiger charge is -2.02. The van der Waals surface area contributed by atoms with Crippen molar-refractivity contribution in [3.8, 4) is 0 Å². The number of hydrogen-bond acceptors (Lipinski definition) is 0. The van der Waals surface area contributed by atoms with E-state index in [2.05, 4.69) is 19.9 Å². The highest BCUT2D eigenvalue weighted by Gasteiger charge is 1.98. The zero-order chi connectivity index (χ0) is 8.97.